The molecule has 0 saturated heterocycles. The van der Waals surface area contributed by atoms with Gasteiger partial charge in [-0.3, -0.25) is 16.2 Å². The van der Waals surface area contributed by atoms with Gasteiger partial charge in [0.1, 0.15) is 17.5 Å². The van der Waals surface area contributed by atoms with E-state index in [4.69, 9.17) is 21.5 Å². The van der Waals surface area contributed by atoms with Crippen LogP contribution >= 0.6 is 0 Å². The highest BCUT2D eigenvalue weighted by molar-refractivity contribution is 6.08. The summed E-state index contributed by atoms with van der Waals surface area (Å²) in [6.07, 6.45) is 0. The predicted octanol–water partition coefficient (Wildman–Crippen LogP) is 5.62. The highest BCUT2D eigenvalue weighted by Gasteiger charge is 2.08. The molecule has 4 aromatic rings. The van der Waals surface area contributed by atoms with E-state index in [9.17, 15) is 4.79 Å². The second-order valence-electron chi connectivity index (χ2n) is 8.63. The molecule has 0 aliphatic rings. The summed E-state index contributed by atoms with van der Waals surface area (Å²) in [5, 5.41) is 47.8. The Labute approximate surface area is 231 Å². The fourth-order valence-electron chi connectivity index (χ4n) is 3.66. The molecular weight excluding hydrogens is 502 g/mol. The van der Waals surface area contributed by atoms with Crippen molar-refractivity contribution in [2.75, 3.05) is 28.3 Å². The Balaban J connectivity index is 1.28. The summed E-state index contributed by atoms with van der Waals surface area (Å²) < 4.78 is 0. The van der Waals surface area contributed by atoms with Crippen LogP contribution in [-0.2, 0) is 0 Å². The number of hydrogen-bond donors (Lipinski definition) is 8. The van der Waals surface area contributed by atoms with E-state index in [1.54, 1.807) is 79.8 Å². The summed E-state index contributed by atoms with van der Waals surface area (Å²) in [5.74, 6) is 0.734. The highest BCUT2D eigenvalue weighted by atomic mass is 16.2. The fraction of sp³-hybridized carbons (Fsp3) is 0.0333. The summed E-state index contributed by atoms with van der Waals surface area (Å²) in [4.78, 5) is 12.3. The Morgan fingerprint density at radius 2 is 0.875 bits per heavy atom. The molecule has 0 atom stereocenters. The number of nitrogens with zero attached hydrogens (tertiary/aromatic N) is 1. The van der Waals surface area contributed by atoms with E-state index in [2.05, 4.69) is 26.6 Å². The first-order valence-electron chi connectivity index (χ1n) is 12.2. The summed E-state index contributed by atoms with van der Waals surface area (Å²) >= 11 is 0. The average Bonchev–Trinajstić information content (AvgIpc) is 2.98. The molecule has 0 aliphatic carbocycles. The number of nitriles is 1. The Kier molecular flexibility index (Phi) is 8.49. The van der Waals surface area contributed by atoms with E-state index < -0.39 is 6.03 Å². The van der Waals surface area contributed by atoms with Crippen LogP contribution in [-0.4, -0.2) is 30.6 Å². The van der Waals surface area contributed by atoms with Gasteiger partial charge in [-0.2, -0.15) is 5.26 Å². The van der Waals surface area contributed by atoms with E-state index >= 15 is 0 Å². The zero-order valence-electron chi connectivity index (χ0n) is 21.6. The predicted molar refractivity (Wildman–Crippen MR) is 160 cm³/mol. The van der Waals surface area contributed by atoms with Crippen LogP contribution in [0.4, 0.5) is 27.5 Å². The van der Waals surface area contributed by atoms with Gasteiger partial charge in [-0.1, -0.05) is 0 Å². The lowest BCUT2D eigenvalue weighted by Crippen LogP contribution is -2.19. The number of nitrogens with one attached hydrogen (secondary N) is 8. The molecular formula is C30H27N9O. The van der Waals surface area contributed by atoms with E-state index in [-0.39, 0.29) is 11.7 Å². The minimum absolute atomic E-state index is 0.182. The summed E-state index contributed by atoms with van der Waals surface area (Å²) in [7, 11) is 1.70. The second kappa shape index (κ2) is 12.5. The van der Waals surface area contributed by atoms with Crippen LogP contribution in [0.2, 0.25) is 0 Å². The molecule has 2 amide bonds. The largest absolute Gasteiger partial charge is 0.373 e. The zero-order valence-corrected chi connectivity index (χ0v) is 21.6. The standard InChI is InChI=1S/C30H27N9O/c1-35-27(32)20-4-12-23(13-5-20)36-28(33)21-6-14-24(15-7-21)37-29(34)22-8-16-26(17-9-22)39-30(40)38-25-10-2-19(18-31)3-11-25/h2-17H,1H3,(H2,32,35)(H2,33,36)(H2,34,37)(H2,38,39,40). The van der Waals surface area contributed by atoms with Gasteiger partial charge in [-0.15, -0.1) is 0 Å². The first kappa shape index (κ1) is 27.1. The number of amidine groups is 3. The molecule has 4 rings (SSSR count). The van der Waals surface area contributed by atoms with E-state index in [1.165, 1.54) is 0 Å². The van der Waals surface area contributed by atoms with Gasteiger partial charge in [-0.25, -0.2) is 4.79 Å². The maximum absolute atomic E-state index is 12.3. The third-order valence-electron chi connectivity index (χ3n) is 5.84. The molecule has 0 bridgehead atoms. The third kappa shape index (κ3) is 7.08. The van der Waals surface area contributed by atoms with Crippen molar-refractivity contribution in [1.29, 1.82) is 21.5 Å². The van der Waals surface area contributed by atoms with Crippen LogP contribution in [0.25, 0.3) is 0 Å². The minimum Gasteiger partial charge on any atom is -0.373 e. The number of benzene rings is 4. The van der Waals surface area contributed by atoms with Crippen molar-refractivity contribution < 1.29 is 4.79 Å². The van der Waals surface area contributed by atoms with E-state index in [0.717, 1.165) is 11.3 Å². The molecule has 0 saturated carbocycles. The number of hydrogen-bond acceptors (Lipinski definition) is 5. The molecule has 198 valence electrons. The molecule has 0 aromatic heterocycles. The Morgan fingerprint density at radius 1 is 0.550 bits per heavy atom. The SMILES string of the molecule is CNC(=N)c1ccc(NC(=N)c2ccc(NC(=N)c3ccc(NC(=O)Nc4ccc(C#N)cc4)cc3)cc2)cc1. The second-order valence-corrected chi connectivity index (χ2v) is 8.63. The summed E-state index contributed by atoms with van der Waals surface area (Å²) in [6.45, 7) is 0. The monoisotopic (exact) mass is 529 g/mol. The van der Waals surface area contributed by atoms with Gasteiger partial charge in [0, 0.05) is 46.5 Å². The maximum Gasteiger partial charge on any atom is 0.323 e. The van der Waals surface area contributed by atoms with Crippen molar-refractivity contribution in [3.63, 3.8) is 0 Å². The first-order chi connectivity index (χ1) is 19.3. The number of rotatable bonds is 7. The lowest BCUT2D eigenvalue weighted by molar-refractivity contribution is 0.262. The van der Waals surface area contributed by atoms with Crippen LogP contribution in [0.5, 0.6) is 0 Å². The number of carbonyl (C=O) groups is 1. The van der Waals surface area contributed by atoms with Gasteiger partial charge in [0.15, 0.2) is 0 Å². The number of urea groups is 1. The van der Waals surface area contributed by atoms with Crippen molar-refractivity contribution in [3.8, 4) is 6.07 Å². The molecule has 4 aromatic carbocycles. The lowest BCUT2D eigenvalue weighted by Gasteiger charge is -2.12. The Hall–Kier alpha value is -5.95. The zero-order chi connectivity index (χ0) is 28.5. The molecule has 0 heterocycles. The highest BCUT2D eigenvalue weighted by Crippen LogP contribution is 2.16. The quantitative estimate of drug-likeness (QED) is 0.114. The molecule has 10 nitrogen and oxygen atoms in total. The van der Waals surface area contributed by atoms with Gasteiger partial charge in [-0.05, 0) is 97.1 Å². The molecule has 8 N–H and O–H groups in total. The molecule has 0 spiro atoms. The molecule has 0 radical (unpaired) electrons. The van der Waals surface area contributed by atoms with Crippen LogP contribution < -0.4 is 26.6 Å². The Bertz CT molecular complexity index is 1570. The van der Waals surface area contributed by atoms with Crippen molar-refractivity contribution >= 4 is 46.3 Å². The lowest BCUT2D eigenvalue weighted by atomic mass is 10.1. The third-order valence-corrected chi connectivity index (χ3v) is 5.84. The van der Waals surface area contributed by atoms with Gasteiger partial charge < -0.3 is 26.6 Å². The first-order valence-corrected chi connectivity index (χ1v) is 12.2. The molecule has 10 heteroatoms. The number of anilines is 4. The van der Waals surface area contributed by atoms with Crippen molar-refractivity contribution in [2.24, 2.45) is 0 Å². The molecule has 0 aliphatic heterocycles. The molecule has 0 unspecified atom stereocenters. The van der Waals surface area contributed by atoms with Crippen LogP contribution in [0, 0.1) is 27.6 Å². The summed E-state index contributed by atoms with van der Waals surface area (Å²) in [6, 6.07) is 29.4. The van der Waals surface area contributed by atoms with Gasteiger partial charge in [0.05, 0.1) is 11.6 Å². The van der Waals surface area contributed by atoms with Gasteiger partial charge in [0.2, 0.25) is 0 Å². The normalized spacial score (nSPS) is 10.0. The number of carbonyl (C=O) groups excluding carboxylic acids is 1. The van der Waals surface area contributed by atoms with Gasteiger partial charge in [0.25, 0.3) is 0 Å². The van der Waals surface area contributed by atoms with Crippen molar-refractivity contribution in [3.05, 3.63) is 119 Å². The summed E-state index contributed by atoms with van der Waals surface area (Å²) in [5.41, 5.74) is 5.14. The average molecular weight is 530 g/mol. The Morgan fingerprint density at radius 3 is 1.23 bits per heavy atom. The van der Waals surface area contributed by atoms with Crippen molar-refractivity contribution in [2.45, 2.75) is 0 Å². The minimum atomic E-state index is -0.419. The molecule has 0 fully saturated rings. The van der Waals surface area contributed by atoms with E-state index in [1.807, 2.05) is 30.3 Å². The van der Waals surface area contributed by atoms with Gasteiger partial charge >= 0.3 is 6.03 Å². The number of amides is 2. The smallest absolute Gasteiger partial charge is 0.323 e. The van der Waals surface area contributed by atoms with Crippen LogP contribution in [0.3, 0.4) is 0 Å². The van der Waals surface area contributed by atoms with E-state index in [0.29, 0.717) is 39.6 Å². The topological polar surface area (TPSA) is 173 Å². The van der Waals surface area contributed by atoms with Crippen LogP contribution in [0.1, 0.15) is 22.3 Å². The fourth-order valence-corrected chi connectivity index (χ4v) is 3.66. The van der Waals surface area contributed by atoms with Crippen LogP contribution in [0.15, 0.2) is 97.1 Å². The molecule has 40 heavy (non-hydrogen) atoms. The van der Waals surface area contributed by atoms with Crippen molar-refractivity contribution in [1.82, 2.24) is 5.32 Å². The maximum atomic E-state index is 12.3.